The molecular weight excluding hydrogens is 294 g/mol. The SMILES string of the molecule is CC1(NS(=O)(=O)c2cccnc2C(N)=S)CCCCC1. The van der Waals surface area contributed by atoms with Crippen LogP contribution in [0.25, 0.3) is 0 Å². The molecular formula is C13H19N3O2S2. The molecule has 1 saturated carbocycles. The number of thiocarbonyl (C=S) groups is 1. The fraction of sp³-hybridized carbons (Fsp3) is 0.538. The van der Waals surface area contributed by atoms with Crippen LogP contribution in [0, 0.1) is 0 Å². The van der Waals surface area contributed by atoms with Crippen LogP contribution in [0.3, 0.4) is 0 Å². The number of rotatable bonds is 4. The first kappa shape index (κ1) is 15.3. The molecule has 1 aliphatic carbocycles. The van der Waals surface area contributed by atoms with Crippen LogP contribution in [-0.4, -0.2) is 23.9 Å². The molecule has 3 N–H and O–H groups in total. The molecule has 7 heteroatoms. The molecule has 20 heavy (non-hydrogen) atoms. The van der Waals surface area contributed by atoms with Gasteiger partial charge in [-0.1, -0.05) is 31.5 Å². The van der Waals surface area contributed by atoms with Crippen LogP contribution in [-0.2, 0) is 10.0 Å². The van der Waals surface area contributed by atoms with E-state index < -0.39 is 15.6 Å². The first-order valence-electron chi connectivity index (χ1n) is 6.63. The lowest BCUT2D eigenvalue weighted by Crippen LogP contribution is -2.47. The molecule has 1 heterocycles. The minimum absolute atomic E-state index is 0.0141. The first-order chi connectivity index (χ1) is 9.34. The van der Waals surface area contributed by atoms with E-state index in [4.69, 9.17) is 18.0 Å². The van der Waals surface area contributed by atoms with Gasteiger partial charge in [-0.15, -0.1) is 0 Å². The van der Waals surface area contributed by atoms with Crippen molar-refractivity contribution in [1.82, 2.24) is 9.71 Å². The van der Waals surface area contributed by atoms with E-state index >= 15 is 0 Å². The Bertz CT molecular complexity index is 608. The molecule has 5 nitrogen and oxygen atoms in total. The van der Waals surface area contributed by atoms with Crippen LogP contribution >= 0.6 is 12.2 Å². The highest BCUT2D eigenvalue weighted by Gasteiger charge is 2.33. The van der Waals surface area contributed by atoms with Crippen molar-refractivity contribution in [2.75, 3.05) is 0 Å². The van der Waals surface area contributed by atoms with Gasteiger partial charge in [-0.2, -0.15) is 0 Å². The Hall–Kier alpha value is -1.05. The molecule has 0 atom stereocenters. The van der Waals surface area contributed by atoms with Gasteiger partial charge in [-0.05, 0) is 31.9 Å². The van der Waals surface area contributed by atoms with Gasteiger partial charge >= 0.3 is 0 Å². The van der Waals surface area contributed by atoms with Gasteiger partial charge in [0.05, 0.1) is 0 Å². The summed E-state index contributed by atoms with van der Waals surface area (Å²) >= 11 is 4.87. The highest BCUT2D eigenvalue weighted by Crippen LogP contribution is 2.29. The first-order valence-corrected chi connectivity index (χ1v) is 8.52. The summed E-state index contributed by atoms with van der Waals surface area (Å²) in [5.74, 6) is 0. The average molecular weight is 313 g/mol. The summed E-state index contributed by atoms with van der Waals surface area (Å²) in [7, 11) is -3.67. The van der Waals surface area contributed by atoms with Crippen molar-refractivity contribution in [1.29, 1.82) is 0 Å². The zero-order valence-electron chi connectivity index (χ0n) is 11.4. The Balaban J connectivity index is 2.33. The van der Waals surface area contributed by atoms with Gasteiger partial charge in [0.15, 0.2) is 0 Å². The zero-order chi connectivity index (χ0) is 14.8. The van der Waals surface area contributed by atoms with Crippen LogP contribution in [0.5, 0.6) is 0 Å². The van der Waals surface area contributed by atoms with Gasteiger partial charge in [0.2, 0.25) is 10.0 Å². The summed E-state index contributed by atoms with van der Waals surface area (Å²) in [6.45, 7) is 1.94. The standard InChI is InChI=1S/C13H19N3O2S2/c1-13(7-3-2-4-8-13)16-20(17,18)10-6-5-9-15-11(10)12(14)19/h5-6,9,16H,2-4,7-8H2,1H3,(H2,14,19). The molecule has 0 amide bonds. The summed E-state index contributed by atoms with van der Waals surface area (Å²) in [6.07, 6.45) is 6.39. The van der Waals surface area contributed by atoms with E-state index in [9.17, 15) is 8.42 Å². The lowest BCUT2D eigenvalue weighted by molar-refractivity contribution is 0.294. The van der Waals surface area contributed by atoms with Crippen LogP contribution in [0.4, 0.5) is 0 Å². The maximum atomic E-state index is 12.6. The number of nitrogens with zero attached hydrogens (tertiary/aromatic N) is 1. The van der Waals surface area contributed by atoms with E-state index in [-0.39, 0.29) is 15.6 Å². The van der Waals surface area contributed by atoms with Crippen molar-refractivity contribution in [3.8, 4) is 0 Å². The molecule has 0 spiro atoms. The number of aromatic nitrogens is 1. The lowest BCUT2D eigenvalue weighted by Gasteiger charge is -2.34. The number of nitrogens with one attached hydrogen (secondary N) is 1. The third-order valence-electron chi connectivity index (χ3n) is 3.63. The normalized spacial score (nSPS) is 18.6. The van der Waals surface area contributed by atoms with Gasteiger partial charge in [-0.25, -0.2) is 13.1 Å². The van der Waals surface area contributed by atoms with E-state index in [1.165, 1.54) is 12.3 Å². The summed E-state index contributed by atoms with van der Waals surface area (Å²) in [4.78, 5) is 4.02. The fourth-order valence-corrected chi connectivity index (χ4v) is 4.47. The van der Waals surface area contributed by atoms with E-state index in [1.54, 1.807) is 6.07 Å². The summed E-state index contributed by atoms with van der Waals surface area (Å²) in [6, 6.07) is 3.05. The topological polar surface area (TPSA) is 85.1 Å². The van der Waals surface area contributed by atoms with Gasteiger partial charge in [0, 0.05) is 11.7 Å². The second kappa shape index (κ2) is 5.75. The predicted molar refractivity (Wildman–Crippen MR) is 81.9 cm³/mol. The van der Waals surface area contributed by atoms with E-state index in [0.29, 0.717) is 0 Å². The Kier molecular flexibility index (Phi) is 4.41. The van der Waals surface area contributed by atoms with Gasteiger partial charge in [0.25, 0.3) is 0 Å². The molecule has 0 saturated heterocycles. The van der Waals surface area contributed by atoms with Crippen molar-refractivity contribution < 1.29 is 8.42 Å². The molecule has 1 fully saturated rings. The van der Waals surface area contributed by atoms with Crippen molar-refractivity contribution in [2.24, 2.45) is 5.73 Å². The molecule has 0 aromatic carbocycles. The molecule has 0 unspecified atom stereocenters. The van der Waals surface area contributed by atoms with Crippen molar-refractivity contribution in [3.63, 3.8) is 0 Å². The monoisotopic (exact) mass is 313 g/mol. The van der Waals surface area contributed by atoms with Crippen molar-refractivity contribution >= 4 is 27.2 Å². The van der Waals surface area contributed by atoms with E-state index in [1.807, 2.05) is 6.92 Å². The summed E-state index contributed by atoms with van der Waals surface area (Å²) < 4.78 is 27.9. The van der Waals surface area contributed by atoms with Crippen LogP contribution in [0.1, 0.15) is 44.7 Å². The minimum atomic E-state index is -3.67. The maximum absolute atomic E-state index is 12.6. The third kappa shape index (κ3) is 3.34. The van der Waals surface area contributed by atoms with Crippen molar-refractivity contribution in [2.45, 2.75) is 49.5 Å². The molecule has 0 bridgehead atoms. The Morgan fingerprint density at radius 1 is 1.40 bits per heavy atom. The molecule has 0 radical (unpaired) electrons. The molecule has 0 aliphatic heterocycles. The van der Waals surface area contributed by atoms with Gasteiger partial charge in [0.1, 0.15) is 15.6 Å². The highest BCUT2D eigenvalue weighted by molar-refractivity contribution is 7.89. The van der Waals surface area contributed by atoms with Gasteiger partial charge in [-0.3, -0.25) is 4.98 Å². The minimum Gasteiger partial charge on any atom is -0.388 e. The molecule has 1 aromatic rings. The van der Waals surface area contributed by atoms with Crippen molar-refractivity contribution in [3.05, 3.63) is 24.0 Å². The van der Waals surface area contributed by atoms with Crippen LogP contribution in [0.15, 0.2) is 23.2 Å². The molecule has 1 aliphatic rings. The second-order valence-corrected chi connectivity index (χ2v) is 7.53. The fourth-order valence-electron chi connectivity index (χ4n) is 2.61. The maximum Gasteiger partial charge on any atom is 0.243 e. The molecule has 2 rings (SSSR count). The Labute approximate surface area is 125 Å². The second-order valence-electron chi connectivity index (χ2n) is 5.44. The number of nitrogens with two attached hydrogens (primary N) is 1. The average Bonchev–Trinajstić information content (AvgIpc) is 2.38. The summed E-state index contributed by atoms with van der Waals surface area (Å²) in [5, 5.41) is 0. The number of hydrogen-bond donors (Lipinski definition) is 2. The lowest BCUT2D eigenvalue weighted by atomic mass is 9.84. The van der Waals surface area contributed by atoms with E-state index in [2.05, 4.69) is 9.71 Å². The number of pyridine rings is 1. The number of hydrogen-bond acceptors (Lipinski definition) is 4. The van der Waals surface area contributed by atoms with E-state index in [0.717, 1.165) is 32.1 Å². The highest BCUT2D eigenvalue weighted by atomic mass is 32.2. The largest absolute Gasteiger partial charge is 0.388 e. The Morgan fingerprint density at radius 2 is 2.05 bits per heavy atom. The van der Waals surface area contributed by atoms with Crippen LogP contribution in [0.2, 0.25) is 0 Å². The third-order valence-corrected chi connectivity index (χ3v) is 5.49. The number of sulfonamides is 1. The molecule has 110 valence electrons. The van der Waals surface area contributed by atoms with Gasteiger partial charge < -0.3 is 5.73 Å². The quantitative estimate of drug-likeness (QED) is 0.827. The zero-order valence-corrected chi connectivity index (χ0v) is 13.1. The predicted octanol–water partition coefficient (Wildman–Crippen LogP) is 1.72. The Morgan fingerprint density at radius 3 is 2.65 bits per heavy atom. The molecule has 1 aromatic heterocycles. The summed E-state index contributed by atoms with van der Waals surface area (Å²) in [5.41, 5.74) is 5.30. The van der Waals surface area contributed by atoms with Crippen LogP contribution < -0.4 is 10.5 Å². The smallest absolute Gasteiger partial charge is 0.243 e.